The normalized spacial score (nSPS) is 12.3. The minimum Gasteiger partial charge on any atom is -0.292 e. The Bertz CT molecular complexity index is 3300. The second kappa shape index (κ2) is 9.87. The van der Waals surface area contributed by atoms with Crippen molar-refractivity contribution in [1.82, 2.24) is 14.5 Å². The molecule has 0 saturated carbocycles. The molecular formula is C48H27N3. The number of rotatable bonds is 3. The number of fused-ring (bicyclic) bond motifs is 3. The third-order valence-electron chi connectivity index (χ3n) is 11.0. The molecule has 9 aromatic carbocycles. The molecule has 11 aromatic rings. The first kappa shape index (κ1) is 27.0. The Labute approximate surface area is 292 Å². The SMILES string of the molecule is c1ccc(-c2nc3ccccc3nc2-n2c3cccc4c3c3c5c(ccc6cc(-c7ccc8ccccc8c7)c7cccc-4c7c65)ccc32)cc1. The van der Waals surface area contributed by atoms with Crippen LogP contribution < -0.4 is 0 Å². The number of benzene rings is 9. The van der Waals surface area contributed by atoms with Crippen molar-refractivity contribution in [3.63, 3.8) is 0 Å². The van der Waals surface area contributed by atoms with E-state index in [1.165, 1.54) is 76.1 Å². The van der Waals surface area contributed by atoms with Gasteiger partial charge in [-0.3, -0.25) is 4.57 Å². The fraction of sp³-hybridized carbons (Fsp3) is 0. The molecule has 2 heterocycles. The molecule has 0 bridgehead atoms. The lowest BCUT2D eigenvalue weighted by atomic mass is 9.87. The van der Waals surface area contributed by atoms with E-state index in [9.17, 15) is 0 Å². The molecule has 0 amide bonds. The quantitative estimate of drug-likeness (QED) is 0.179. The smallest absolute Gasteiger partial charge is 0.165 e. The summed E-state index contributed by atoms with van der Waals surface area (Å²) in [7, 11) is 0. The summed E-state index contributed by atoms with van der Waals surface area (Å²) >= 11 is 0. The van der Waals surface area contributed by atoms with Crippen molar-refractivity contribution in [3.8, 4) is 39.3 Å². The summed E-state index contributed by atoms with van der Waals surface area (Å²) in [6, 6.07) is 59.4. The van der Waals surface area contributed by atoms with Gasteiger partial charge in [0.2, 0.25) is 0 Å². The van der Waals surface area contributed by atoms with Gasteiger partial charge < -0.3 is 0 Å². The summed E-state index contributed by atoms with van der Waals surface area (Å²) in [5, 5.41) is 12.8. The third kappa shape index (κ3) is 3.62. The zero-order valence-electron chi connectivity index (χ0n) is 27.4. The van der Waals surface area contributed by atoms with Gasteiger partial charge in [-0.15, -0.1) is 0 Å². The Morgan fingerprint density at radius 1 is 0.353 bits per heavy atom. The number of hydrogen-bond acceptors (Lipinski definition) is 2. The Hall–Kier alpha value is -6.84. The van der Waals surface area contributed by atoms with Crippen molar-refractivity contribution in [2.24, 2.45) is 0 Å². The van der Waals surface area contributed by atoms with Crippen LogP contribution in [0.25, 0.3) is 115 Å². The van der Waals surface area contributed by atoms with Crippen molar-refractivity contribution in [2.45, 2.75) is 0 Å². The molecule has 3 nitrogen and oxygen atoms in total. The summed E-state index contributed by atoms with van der Waals surface area (Å²) in [4.78, 5) is 10.7. The lowest BCUT2D eigenvalue weighted by Gasteiger charge is -2.17. The predicted octanol–water partition coefficient (Wildman–Crippen LogP) is 12.7. The highest BCUT2D eigenvalue weighted by molar-refractivity contribution is 6.39. The van der Waals surface area contributed by atoms with Crippen LogP contribution in [0, 0.1) is 0 Å². The fourth-order valence-corrected chi connectivity index (χ4v) is 8.86. The topological polar surface area (TPSA) is 30.7 Å². The maximum Gasteiger partial charge on any atom is 0.165 e. The molecular weight excluding hydrogens is 619 g/mol. The summed E-state index contributed by atoms with van der Waals surface area (Å²) < 4.78 is 2.36. The van der Waals surface area contributed by atoms with Gasteiger partial charge in [0.1, 0.15) is 5.69 Å². The van der Waals surface area contributed by atoms with E-state index in [1.807, 2.05) is 12.1 Å². The highest BCUT2D eigenvalue weighted by Gasteiger charge is 2.27. The van der Waals surface area contributed by atoms with E-state index in [-0.39, 0.29) is 0 Å². The molecule has 0 N–H and O–H groups in total. The average molecular weight is 646 g/mol. The molecule has 0 unspecified atom stereocenters. The molecule has 0 atom stereocenters. The Kier molecular flexibility index (Phi) is 5.23. The summed E-state index contributed by atoms with van der Waals surface area (Å²) in [6.45, 7) is 0. The number of para-hydroxylation sites is 2. The highest BCUT2D eigenvalue weighted by atomic mass is 15.1. The first-order valence-electron chi connectivity index (χ1n) is 17.5. The van der Waals surface area contributed by atoms with E-state index in [1.54, 1.807) is 0 Å². The van der Waals surface area contributed by atoms with Gasteiger partial charge in [0.05, 0.1) is 22.1 Å². The van der Waals surface area contributed by atoms with Crippen LogP contribution in [-0.4, -0.2) is 14.5 Å². The molecule has 0 aliphatic heterocycles. The lowest BCUT2D eigenvalue weighted by Crippen LogP contribution is -2.03. The van der Waals surface area contributed by atoms with Crippen LogP contribution in [0.15, 0.2) is 164 Å². The van der Waals surface area contributed by atoms with Gasteiger partial charge in [0.15, 0.2) is 5.82 Å². The van der Waals surface area contributed by atoms with Gasteiger partial charge >= 0.3 is 0 Å². The third-order valence-corrected chi connectivity index (χ3v) is 11.0. The Morgan fingerprint density at radius 3 is 1.90 bits per heavy atom. The monoisotopic (exact) mass is 645 g/mol. The predicted molar refractivity (Wildman–Crippen MR) is 214 cm³/mol. The molecule has 1 aliphatic rings. The zero-order valence-corrected chi connectivity index (χ0v) is 27.4. The number of hydrogen-bond donors (Lipinski definition) is 0. The van der Waals surface area contributed by atoms with Gasteiger partial charge in [-0.05, 0) is 96.4 Å². The molecule has 1 aliphatic carbocycles. The van der Waals surface area contributed by atoms with Crippen molar-refractivity contribution < 1.29 is 0 Å². The maximum atomic E-state index is 5.39. The average Bonchev–Trinajstić information content (AvgIpc) is 3.47. The Morgan fingerprint density at radius 2 is 1.02 bits per heavy atom. The van der Waals surface area contributed by atoms with Crippen molar-refractivity contribution in [3.05, 3.63) is 164 Å². The van der Waals surface area contributed by atoms with Crippen LogP contribution >= 0.6 is 0 Å². The molecule has 0 saturated heterocycles. The maximum absolute atomic E-state index is 5.39. The minimum atomic E-state index is 0.842. The zero-order chi connectivity index (χ0) is 33.2. The highest BCUT2D eigenvalue weighted by Crippen LogP contribution is 2.51. The number of nitrogens with zero attached hydrogens (tertiary/aromatic N) is 3. The van der Waals surface area contributed by atoms with Gasteiger partial charge in [-0.25, -0.2) is 9.97 Å². The van der Waals surface area contributed by atoms with Crippen molar-refractivity contribution in [2.75, 3.05) is 0 Å². The first-order chi connectivity index (χ1) is 25.3. The largest absolute Gasteiger partial charge is 0.292 e. The first-order valence-corrected chi connectivity index (χ1v) is 17.5. The summed E-state index contributed by atoms with van der Waals surface area (Å²) in [5.41, 5.74) is 11.0. The lowest BCUT2D eigenvalue weighted by molar-refractivity contribution is 1.08. The molecule has 0 fully saturated rings. The molecule has 2 aromatic heterocycles. The van der Waals surface area contributed by atoms with E-state index in [0.29, 0.717) is 0 Å². The van der Waals surface area contributed by atoms with Crippen molar-refractivity contribution >= 4 is 75.9 Å². The summed E-state index contributed by atoms with van der Waals surface area (Å²) in [6.07, 6.45) is 0. The van der Waals surface area contributed by atoms with Crippen molar-refractivity contribution in [1.29, 1.82) is 0 Å². The van der Waals surface area contributed by atoms with E-state index in [0.717, 1.165) is 39.1 Å². The molecule has 12 rings (SSSR count). The van der Waals surface area contributed by atoms with Crippen LogP contribution in [0.4, 0.5) is 0 Å². The van der Waals surface area contributed by atoms with Gasteiger partial charge in [-0.2, -0.15) is 0 Å². The molecule has 0 spiro atoms. The second-order valence-corrected chi connectivity index (χ2v) is 13.7. The van der Waals surface area contributed by atoms with Crippen LogP contribution in [0.5, 0.6) is 0 Å². The fourth-order valence-electron chi connectivity index (χ4n) is 8.86. The van der Waals surface area contributed by atoms with E-state index >= 15 is 0 Å². The second-order valence-electron chi connectivity index (χ2n) is 13.7. The molecule has 51 heavy (non-hydrogen) atoms. The number of aromatic nitrogens is 3. The standard InChI is InChI=1S/C48H27N3/c1-2-11-30(12-3-1)47-48(50-39-18-7-6-17-38(39)49-47)51-40-19-9-16-35-34-14-8-15-36-37(32-22-20-28-10-4-5-13-31(28)26-32)27-33-23-21-29-24-25-41(51)46(45(35)40)42(29)43(33)44(34)36/h1-27H. The van der Waals surface area contributed by atoms with Crippen LogP contribution in [0.1, 0.15) is 0 Å². The van der Waals surface area contributed by atoms with Crippen LogP contribution in [0.2, 0.25) is 0 Å². The van der Waals surface area contributed by atoms with E-state index < -0.39 is 0 Å². The van der Waals surface area contributed by atoms with Gasteiger partial charge in [-0.1, -0.05) is 127 Å². The molecule has 0 radical (unpaired) electrons. The van der Waals surface area contributed by atoms with Gasteiger partial charge in [0, 0.05) is 21.7 Å². The van der Waals surface area contributed by atoms with Crippen LogP contribution in [-0.2, 0) is 0 Å². The van der Waals surface area contributed by atoms with Crippen LogP contribution in [0.3, 0.4) is 0 Å². The Balaban J connectivity index is 1.26. The van der Waals surface area contributed by atoms with E-state index in [4.69, 9.17) is 9.97 Å². The molecule has 3 heteroatoms. The molecule has 234 valence electrons. The summed E-state index contributed by atoms with van der Waals surface area (Å²) in [5.74, 6) is 0.842. The van der Waals surface area contributed by atoms with Gasteiger partial charge in [0.25, 0.3) is 0 Å². The minimum absolute atomic E-state index is 0.842. The van der Waals surface area contributed by atoms with E-state index in [2.05, 4.69) is 156 Å².